The molecule has 0 spiro atoms. The van der Waals surface area contributed by atoms with Crippen LogP contribution in [0.5, 0.6) is 0 Å². The van der Waals surface area contributed by atoms with Gasteiger partial charge in [0.1, 0.15) is 11.9 Å². The minimum Gasteiger partial charge on any atom is -0.233 e. The molecule has 1 heterocycles. The maximum atomic E-state index is 4.99. The first-order chi connectivity index (χ1) is 13.5. The quantitative estimate of drug-likeness (QED) is 0.451. The maximum absolute atomic E-state index is 4.99. The third-order valence-corrected chi connectivity index (χ3v) is 5.08. The lowest BCUT2D eigenvalue weighted by Crippen LogP contribution is -2.38. The van der Waals surface area contributed by atoms with Crippen LogP contribution in [0.15, 0.2) is 97.3 Å². The van der Waals surface area contributed by atoms with Gasteiger partial charge in [0.25, 0.3) is 0 Å². The summed E-state index contributed by atoms with van der Waals surface area (Å²) < 4.78 is 2.02. The van der Waals surface area contributed by atoms with Crippen LogP contribution < -0.4 is 0 Å². The molecule has 1 aromatic heterocycles. The van der Waals surface area contributed by atoms with E-state index in [1.54, 1.807) is 0 Å². The highest BCUT2D eigenvalue weighted by atomic mass is 15.4. The van der Waals surface area contributed by atoms with E-state index in [1.165, 1.54) is 0 Å². The molecule has 0 N–H and O–H groups in total. The van der Waals surface area contributed by atoms with Gasteiger partial charge in [-0.05, 0) is 16.7 Å². The second kappa shape index (κ2) is 7.08. The Hall–Kier alpha value is -3.20. The summed E-state index contributed by atoms with van der Waals surface area (Å²) in [5.41, 5.74) is 2.73. The number of hydrogen-bond acceptors (Lipinski definition) is 2. The Kier molecular flexibility index (Phi) is 4.60. The molecule has 0 saturated heterocycles. The number of aromatic nitrogens is 3. The van der Waals surface area contributed by atoms with Crippen LogP contribution in [-0.2, 0) is 11.0 Å². The minimum atomic E-state index is -0.597. The standard InChI is InChI=1S/C25H25N3/c1-24(2,3)23-26-19-28(27-23)25(20-13-7-4-8-14-20,21-15-9-5-10-16-21)22-17-11-6-12-18-22/h4-19H,1-3H3. The third kappa shape index (κ3) is 3.03. The van der Waals surface area contributed by atoms with Gasteiger partial charge in [0, 0.05) is 5.41 Å². The summed E-state index contributed by atoms with van der Waals surface area (Å²) in [6, 6.07) is 31.6. The highest BCUT2D eigenvalue weighted by Crippen LogP contribution is 2.40. The van der Waals surface area contributed by atoms with E-state index in [0.29, 0.717) is 0 Å². The zero-order chi connectivity index (χ0) is 19.6. The summed E-state index contributed by atoms with van der Waals surface area (Å²) in [6.07, 6.45) is 1.87. The van der Waals surface area contributed by atoms with E-state index in [4.69, 9.17) is 5.10 Å². The second-order valence-electron chi connectivity index (χ2n) is 8.07. The molecule has 0 atom stereocenters. The fraction of sp³-hybridized carbons (Fsp3) is 0.200. The Bertz CT molecular complexity index is 933. The molecule has 0 amide bonds. The Morgan fingerprint density at radius 2 is 1.00 bits per heavy atom. The normalized spacial score (nSPS) is 12.1. The van der Waals surface area contributed by atoms with Crippen LogP contribution >= 0.6 is 0 Å². The van der Waals surface area contributed by atoms with Gasteiger partial charge in [-0.3, -0.25) is 0 Å². The molecular weight excluding hydrogens is 342 g/mol. The summed E-state index contributed by atoms with van der Waals surface area (Å²) in [4.78, 5) is 4.68. The van der Waals surface area contributed by atoms with Crippen LogP contribution in [0.1, 0.15) is 43.3 Å². The summed E-state index contributed by atoms with van der Waals surface area (Å²) in [6.45, 7) is 6.42. The van der Waals surface area contributed by atoms with Crippen molar-refractivity contribution >= 4 is 0 Å². The lowest BCUT2D eigenvalue weighted by Gasteiger charge is -2.36. The molecule has 0 unspecified atom stereocenters. The largest absolute Gasteiger partial charge is 0.233 e. The number of rotatable bonds is 4. The predicted molar refractivity (Wildman–Crippen MR) is 113 cm³/mol. The van der Waals surface area contributed by atoms with Crippen molar-refractivity contribution in [2.24, 2.45) is 0 Å². The Balaban J connectivity index is 2.09. The fourth-order valence-electron chi connectivity index (χ4n) is 3.70. The highest BCUT2D eigenvalue weighted by Gasteiger charge is 2.40. The molecule has 4 rings (SSSR count). The monoisotopic (exact) mass is 367 g/mol. The lowest BCUT2D eigenvalue weighted by atomic mass is 9.77. The molecular formula is C25H25N3. The van der Waals surface area contributed by atoms with E-state index in [-0.39, 0.29) is 5.41 Å². The number of benzene rings is 3. The van der Waals surface area contributed by atoms with E-state index >= 15 is 0 Å². The predicted octanol–water partition coefficient (Wildman–Crippen LogP) is 5.42. The molecule has 3 aromatic carbocycles. The SMILES string of the molecule is CC(C)(C)c1ncn(C(c2ccccc2)(c2ccccc2)c2ccccc2)n1. The van der Waals surface area contributed by atoms with E-state index < -0.39 is 5.54 Å². The van der Waals surface area contributed by atoms with E-state index in [1.807, 2.05) is 29.2 Å². The van der Waals surface area contributed by atoms with E-state index in [0.717, 1.165) is 22.5 Å². The van der Waals surface area contributed by atoms with Crippen LogP contribution in [0, 0.1) is 0 Å². The Labute approximate surface area is 166 Å². The van der Waals surface area contributed by atoms with Crippen molar-refractivity contribution in [3.05, 3.63) is 120 Å². The molecule has 0 bridgehead atoms. The van der Waals surface area contributed by atoms with Gasteiger partial charge < -0.3 is 0 Å². The first-order valence-electron chi connectivity index (χ1n) is 9.62. The number of nitrogens with zero attached hydrogens (tertiary/aromatic N) is 3. The fourth-order valence-corrected chi connectivity index (χ4v) is 3.70. The van der Waals surface area contributed by atoms with Crippen molar-refractivity contribution in [3.63, 3.8) is 0 Å². The van der Waals surface area contributed by atoms with Gasteiger partial charge in [-0.2, -0.15) is 5.10 Å². The Morgan fingerprint density at radius 1 is 0.607 bits per heavy atom. The Morgan fingerprint density at radius 3 is 1.32 bits per heavy atom. The van der Waals surface area contributed by atoms with E-state index in [2.05, 4.69) is 98.6 Å². The highest BCUT2D eigenvalue weighted by molar-refractivity contribution is 5.50. The molecule has 140 valence electrons. The smallest absolute Gasteiger partial charge is 0.155 e. The summed E-state index contributed by atoms with van der Waals surface area (Å²) >= 11 is 0. The topological polar surface area (TPSA) is 30.7 Å². The molecule has 0 saturated carbocycles. The summed E-state index contributed by atoms with van der Waals surface area (Å²) in [7, 11) is 0. The van der Waals surface area contributed by atoms with Gasteiger partial charge in [-0.25, -0.2) is 9.67 Å². The van der Waals surface area contributed by atoms with Crippen LogP contribution in [0.4, 0.5) is 0 Å². The summed E-state index contributed by atoms with van der Waals surface area (Å²) in [5, 5.41) is 4.99. The van der Waals surface area contributed by atoms with Crippen LogP contribution in [0.2, 0.25) is 0 Å². The minimum absolute atomic E-state index is 0.124. The zero-order valence-electron chi connectivity index (χ0n) is 16.6. The van der Waals surface area contributed by atoms with Crippen molar-refractivity contribution in [1.29, 1.82) is 0 Å². The molecule has 3 nitrogen and oxygen atoms in total. The van der Waals surface area contributed by atoms with Crippen molar-refractivity contribution < 1.29 is 0 Å². The zero-order valence-corrected chi connectivity index (χ0v) is 16.6. The lowest BCUT2D eigenvalue weighted by molar-refractivity contribution is 0.442. The first-order valence-corrected chi connectivity index (χ1v) is 9.62. The van der Waals surface area contributed by atoms with Crippen LogP contribution in [0.3, 0.4) is 0 Å². The van der Waals surface area contributed by atoms with Crippen molar-refractivity contribution in [1.82, 2.24) is 14.8 Å². The third-order valence-electron chi connectivity index (χ3n) is 5.08. The van der Waals surface area contributed by atoms with Crippen molar-refractivity contribution in [2.45, 2.75) is 31.7 Å². The maximum Gasteiger partial charge on any atom is 0.155 e. The van der Waals surface area contributed by atoms with Crippen molar-refractivity contribution in [3.8, 4) is 0 Å². The van der Waals surface area contributed by atoms with Gasteiger partial charge in [0.05, 0.1) is 0 Å². The first kappa shape index (κ1) is 18.2. The molecule has 3 heteroatoms. The van der Waals surface area contributed by atoms with Gasteiger partial charge >= 0.3 is 0 Å². The number of hydrogen-bond donors (Lipinski definition) is 0. The molecule has 28 heavy (non-hydrogen) atoms. The van der Waals surface area contributed by atoms with Crippen LogP contribution in [-0.4, -0.2) is 14.8 Å². The van der Waals surface area contributed by atoms with Crippen molar-refractivity contribution in [2.75, 3.05) is 0 Å². The average Bonchev–Trinajstić information content (AvgIpc) is 3.22. The molecule has 0 fully saturated rings. The molecule has 0 aliphatic carbocycles. The summed E-state index contributed by atoms with van der Waals surface area (Å²) in [5.74, 6) is 0.833. The van der Waals surface area contributed by atoms with Gasteiger partial charge in [0.15, 0.2) is 5.82 Å². The van der Waals surface area contributed by atoms with Gasteiger partial charge in [0.2, 0.25) is 0 Å². The second-order valence-corrected chi connectivity index (χ2v) is 8.07. The van der Waals surface area contributed by atoms with E-state index in [9.17, 15) is 0 Å². The van der Waals surface area contributed by atoms with Gasteiger partial charge in [-0.1, -0.05) is 112 Å². The molecule has 0 radical (unpaired) electrons. The molecule has 0 aliphatic heterocycles. The van der Waals surface area contributed by atoms with Gasteiger partial charge in [-0.15, -0.1) is 0 Å². The average molecular weight is 367 g/mol. The molecule has 0 aliphatic rings. The van der Waals surface area contributed by atoms with Crippen LogP contribution in [0.25, 0.3) is 0 Å². The molecule has 4 aromatic rings.